The van der Waals surface area contributed by atoms with E-state index in [9.17, 15) is 14.7 Å². The zero-order valence-corrected chi connectivity index (χ0v) is 17.5. The highest BCUT2D eigenvalue weighted by atomic mass is 79.9. The molecule has 0 unspecified atom stereocenters. The fourth-order valence-corrected chi connectivity index (χ4v) is 3.25. The molecule has 0 spiro atoms. The quantitative estimate of drug-likeness (QED) is 0.307. The minimum absolute atomic E-state index is 0.0714. The number of nitrogens with zero attached hydrogens (tertiary/aromatic N) is 1. The number of hydrogen-bond acceptors (Lipinski definition) is 5. The number of phenolic OH excluding ortho intramolecular Hbond substituents is 1. The summed E-state index contributed by atoms with van der Waals surface area (Å²) in [5.74, 6) is -0.231. The summed E-state index contributed by atoms with van der Waals surface area (Å²) in [6.07, 6.45) is 1.03. The monoisotopic (exact) mass is 497 g/mol. The van der Waals surface area contributed by atoms with E-state index in [4.69, 9.17) is 4.74 Å². The number of aromatic hydroxyl groups is 1. The summed E-state index contributed by atoms with van der Waals surface area (Å²) in [6.45, 7) is 2.44. The number of hydrogen-bond donors (Lipinski definition) is 3. The molecule has 9 heteroatoms. The molecular formula is C18H17Br2N3O4. The fourth-order valence-electron chi connectivity index (χ4n) is 2.03. The van der Waals surface area contributed by atoms with Crippen molar-refractivity contribution in [2.45, 2.75) is 13.3 Å². The third-order valence-corrected chi connectivity index (χ3v) is 4.42. The summed E-state index contributed by atoms with van der Waals surface area (Å²) in [5, 5.41) is 16.1. The van der Waals surface area contributed by atoms with Crippen LogP contribution >= 0.6 is 31.9 Å². The Hall–Kier alpha value is -2.39. The number of carbonyl (C=O) groups is 2. The van der Waals surface area contributed by atoms with Crippen molar-refractivity contribution in [3.63, 3.8) is 0 Å². The molecule has 0 heterocycles. The topological polar surface area (TPSA) is 100 Å². The number of benzene rings is 2. The standard InChI is InChI=1S/C18H17Br2N3O4/c1-2-27-13-5-3-12(4-6-13)22-16(24)9-17(25)23-21-10-11-7-14(19)18(26)15(20)8-11/h3-8,10,26H,2,9H2,1H3,(H,22,24)(H,23,25). The number of halogens is 2. The Kier molecular flexibility index (Phi) is 7.81. The van der Waals surface area contributed by atoms with Crippen molar-refractivity contribution in [2.75, 3.05) is 11.9 Å². The van der Waals surface area contributed by atoms with Crippen LogP contribution < -0.4 is 15.5 Å². The molecule has 2 aromatic rings. The van der Waals surface area contributed by atoms with E-state index >= 15 is 0 Å². The molecule has 27 heavy (non-hydrogen) atoms. The fraction of sp³-hybridized carbons (Fsp3) is 0.167. The SMILES string of the molecule is CCOc1ccc(NC(=O)CC(=O)NN=Cc2cc(Br)c(O)c(Br)c2)cc1. The minimum Gasteiger partial charge on any atom is -0.506 e. The molecule has 0 saturated carbocycles. The number of amides is 2. The molecule has 0 radical (unpaired) electrons. The van der Waals surface area contributed by atoms with Gasteiger partial charge in [0.15, 0.2) is 0 Å². The maximum atomic E-state index is 11.9. The molecule has 0 aliphatic carbocycles. The Morgan fingerprint density at radius 2 is 1.78 bits per heavy atom. The lowest BCUT2D eigenvalue weighted by Crippen LogP contribution is -2.24. The van der Waals surface area contributed by atoms with Crippen LogP contribution in [0.3, 0.4) is 0 Å². The van der Waals surface area contributed by atoms with Gasteiger partial charge < -0.3 is 15.2 Å². The molecule has 0 aliphatic rings. The second-order valence-electron chi connectivity index (χ2n) is 5.31. The summed E-state index contributed by atoms with van der Waals surface area (Å²) in [6, 6.07) is 10.1. The highest BCUT2D eigenvalue weighted by Crippen LogP contribution is 2.32. The summed E-state index contributed by atoms with van der Waals surface area (Å²) >= 11 is 6.41. The van der Waals surface area contributed by atoms with Crippen LogP contribution in [-0.4, -0.2) is 29.7 Å². The van der Waals surface area contributed by atoms with Gasteiger partial charge in [0.2, 0.25) is 11.8 Å². The van der Waals surface area contributed by atoms with Gasteiger partial charge in [-0.25, -0.2) is 5.43 Å². The molecule has 0 atom stereocenters. The molecule has 0 bridgehead atoms. The highest BCUT2D eigenvalue weighted by molar-refractivity contribution is 9.11. The predicted molar refractivity (Wildman–Crippen MR) is 110 cm³/mol. The van der Waals surface area contributed by atoms with Crippen molar-refractivity contribution in [3.8, 4) is 11.5 Å². The van der Waals surface area contributed by atoms with Gasteiger partial charge in [-0.1, -0.05) is 0 Å². The molecule has 2 amide bonds. The summed E-state index contributed by atoms with van der Waals surface area (Å²) < 4.78 is 6.29. The Balaban J connectivity index is 1.83. The lowest BCUT2D eigenvalue weighted by atomic mass is 10.2. The smallest absolute Gasteiger partial charge is 0.249 e. The van der Waals surface area contributed by atoms with E-state index in [1.54, 1.807) is 36.4 Å². The van der Waals surface area contributed by atoms with Gasteiger partial charge >= 0.3 is 0 Å². The number of phenols is 1. The van der Waals surface area contributed by atoms with E-state index in [2.05, 4.69) is 47.7 Å². The first-order valence-electron chi connectivity index (χ1n) is 7.91. The molecule has 2 aromatic carbocycles. The van der Waals surface area contributed by atoms with Crippen LogP contribution in [0.25, 0.3) is 0 Å². The number of carbonyl (C=O) groups excluding carboxylic acids is 2. The normalized spacial score (nSPS) is 10.6. The van der Waals surface area contributed by atoms with Crippen LogP contribution in [-0.2, 0) is 9.59 Å². The number of hydrazone groups is 1. The van der Waals surface area contributed by atoms with Crippen LogP contribution in [0.5, 0.6) is 11.5 Å². The van der Waals surface area contributed by atoms with Crippen molar-refractivity contribution < 1.29 is 19.4 Å². The van der Waals surface area contributed by atoms with Crippen molar-refractivity contribution in [1.82, 2.24) is 5.43 Å². The lowest BCUT2D eigenvalue weighted by molar-refractivity contribution is -0.126. The van der Waals surface area contributed by atoms with Gasteiger partial charge in [0, 0.05) is 5.69 Å². The van der Waals surface area contributed by atoms with Crippen molar-refractivity contribution in [1.29, 1.82) is 0 Å². The van der Waals surface area contributed by atoms with Crippen LogP contribution in [0.4, 0.5) is 5.69 Å². The number of ether oxygens (including phenoxy) is 1. The van der Waals surface area contributed by atoms with E-state index in [0.29, 0.717) is 32.6 Å². The predicted octanol–water partition coefficient (Wildman–Crippen LogP) is 3.79. The summed E-state index contributed by atoms with van der Waals surface area (Å²) in [5.41, 5.74) is 3.50. The molecule has 0 saturated heterocycles. The molecule has 2 rings (SSSR count). The number of nitrogens with one attached hydrogen (secondary N) is 2. The third-order valence-electron chi connectivity index (χ3n) is 3.21. The Bertz CT molecular complexity index is 831. The number of anilines is 1. The maximum Gasteiger partial charge on any atom is 0.249 e. The highest BCUT2D eigenvalue weighted by Gasteiger charge is 2.09. The van der Waals surface area contributed by atoms with E-state index in [0.717, 1.165) is 0 Å². The summed E-state index contributed by atoms with van der Waals surface area (Å²) in [4.78, 5) is 23.7. The summed E-state index contributed by atoms with van der Waals surface area (Å²) in [7, 11) is 0. The molecular weight excluding hydrogens is 482 g/mol. The maximum absolute atomic E-state index is 11.9. The molecule has 0 aromatic heterocycles. The molecule has 7 nitrogen and oxygen atoms in total. The van der Waals surface area contributed by atoms with Crippen LogP contribution in [0.2, 0.25) is 0 Å². The average molecular weight is 499 g/mol. The van der Waals surface area contributed by atoms with E-state index in [1.165, 1.54) is 6.21 Å². The zero-order valence-electron chi connectivity index (χ0n) is 14.3. The van der Waals surface area contributed by atoms with Crippen LogP contribution in [0.1, 0.15) is 18.9 Å². The van der Waals surface area contributed by atoms with Gasteiger partial charge in [-0.15, -0.1) is 0 Å². The first-order valence-corrected chi connectivity index (χ1v) is 9.50. The second-order valence-corrected chi connectivity index (χ2v) is 7.02. The Morgan fingerprint density at radius 1 is 1.15 bits per heavy atom. The largest absolute Gasteiger partial charge is 0.506 e. The van der Waals surface area contributed by atoms with Gasteiger partial charge in [-0.3, -0.25) is 9.59 Å². The van der Waals surface area contributed by atoms with E-state index in [-0.39, 0.29) is 12.2 Å². The van der Waals surface area contributed by atoms with Gasteiger partial charge in [-0.2, -0.15) is 5.10 Å². The van der Waals surface area contributed by atoms with Crippen LogP contribution in [0, 0.1) is 0 Å². The van der Waals surface area contributed by atoms with Crippen molar-refractivity contribution in [2.24, 2.45) is 5.10 Å². The minimum atomic E-state index is -0.549. The van der Waals surface area contributed by atoms with E-state index in [1.807, 2.05) is 6.92 Å². The second kappa shape index (κ2) is 10.1. The first kappa shape index (κ1) is 20.9. The Morgan fingerprint density at radius 3 is 2.37 bits per heavy atom. The lowest BCUT2D eigenvalue weighted by Gasteiger charge is -2.06. The number of rotatable bonds is 7. The van der Waals surface area contributed by atoms with E-state index < -0.39 is 11.8 Å². The zero-order chi connectivity index (χ0) is 19.8. The molecule has 0 aliphatic heterocycles. The Labute approximate surface area is 173 Å². The van der Waals surface area contributed by atoms with Gasteiger partial charge in [0.05, 0.1) is 21.8 Å². The van der Waals surface area contributed by atoms with Gasteiger partial charge in [0.1, 0.15) is 17.9 Å². The molecule has 3 N–H and O–H groups in total. The van der Waals surface area contributed by atoms with Crippen molar-refractivity contribution >= 4 is 55.6 Å². The van der Waals surface area contributed by atoms with Crippen molar-refractivity contribution in [3.05, 3.63) is 50.9 Å². The third kappa shape index (κ3) is 6.69. The average Bonchev–Trinajstić information content (AvgIpc) is 2.61. The van der Waals surface area contributed by atoms with Gasteiger partial charge in [-0.05, 0) is 80.7 Å². The molecule has 0 fully saturated rings. The molecule has 142 valence electrons. The van der Waals surface area contributed by atoms with Gasteiger partial charge in [0.25, 0.3) is 0 Å². The first-order chi connectivity index (χ1) is 12.9. The van der Waals surface area contributed by atoms with Crippen LogP contribution in [0.15, 0.2) is 50.4 Å².